The number of urea groups is 1. The molecule has 1 saturated carbocycles. The molecule has 1 aliphatic carbocycles. The Bertz CT molecular complexity index is 511. The fourth-order valence-electron chi connectivity index (χ4n) is 3.17. The number of hydrogen-bond donors (Lipinski definition) is 1. The van der Waals surface area contributed by atoms with E-state index in [9.17, 15) is 4.79 Å². The molecule has 0 aromatic heterocycles. The molecule has 0 radical (unpaired) electrons. The molecule has 2 unspecified atom stereocenters. The molecule has 1 aromatic carbocycles. The Hall–Kier alpha value is -1.42. The van der Waals surface area contributed by atoms with Crippen LogP contribution in [0.5, 0.6) is 0 Å². The van der Waals surface area contributed by atoms with Crippen LogP contribution >= 0.6 is 12.2 Å². The van der Waals surface area contributed by atoms with Crippen molar-refractivity contribution in [3.63, 3.8) is 0 Å². The monoisotopic (exact) mass is 274 g/mol. The Kier molecular flexibility index (Phi) is 3.27. The van der Waals surface area contributed by atoms with Gasteiger partial charge < -0.3 is 5.32 Å². The lowest BCUT2D eigenvalue weighted by Gasteiger charge is -2.38. The number of rotatable bonds is 2. The van der Waals surface area contributed by atoms with Crippen LogP contribution in [0.25, 0.3) is 0 Å². The van der Waals surface area contributed by atoms with E-state index in [1.165, 1.54) is 5.56 Å². The van der Waals surface area contributed by atoms with Crippen molar-refractivity contribution in [1.29, 1.82) is 0 Å². The molecule has 1 aliphatic heterocycles. The molecule has 2 atom stereocenters. The number of nitrogens with one attached hydrogen (secondary N) is 1. The highest BCUT2D eigenvalue weighted by molar-refractivity contribution is 7.80. The van der Waals surface area contributed by atoms with Crippen LogP contribution < -0.4 is 10.2 Å². The largest absolute Gasteiger partial charge is 0.326 e. The molecule has 0 bridgehead atoms. The molecule has 1 heterocycles. The normalized spacial score (nSPS) is 26.3. The molecule has 1 aromatic rings. The fraction of sp³-hybridized carbons (Fsp3) is 0.467. The molecule has 2 aliphatic rings. The Balaban J connectivity index is 1.92. The van der Waals surface area contributed by atoms with Gasteiger partial charge in [-0.2, -0.15) is 0 Å². The van der Waals surface area contributed by atoms with E-state index in [4.69, 9.17) is 12.2 Å². The third-order valence-corrected chi connectivity index (χ3v) is 4.62. The van der Waals surface area contributed by atoms with Crippen molar-refractivity contribution in [3.8, 4) is 0 Å². The number of fused-ring (bicyclic) bond motifs is 1. The summed E-state index contributed by atoms with van der Waals surface area (Å²) in [5.74, 6) is 0.332. The van der Waals surface area contributed by atoms with Gasteiger partial charge in [0.15, 0.2) is 0 Å². The van der Waals surface area contributed by atoms with Crippen molar-refractivity contribution in [3.05, 3.63) is 29.8 Å². The van der Waals surface area contributed by atoms with E-state index in [0.717, 1.165) is 36.4 Å². The van der Waals surface area contributed by atoms with Gasteiger partial charge >= 0.3 is 6.03 Å². The van der Waals surface area contributed by atoms with Gasteiger partial charge in [-0.05, 0) is 37.0 Å². The second-order valence-electron chi connectivity index (χ2n) is 5.29. The number of carbonyl (C=O) groups excluding carboxylic acids is 1. The Morgan fingerprint density at radius 3 is 2.74 bits per heavy atom. The smallest absolute Gasteiger partial charge is 0.301 e. The summed E-state index contributed by atoms with van der Waals surface area (Å²) < 4.78 is 0. The maximum absolute atomic E-state index is 12.2. The van der Waals surface area contributed by atoms with Gasteiger partial charge in [-0.15, -0.1) is 0 Å². The number of anilines is 1. The summed E-state index contributed by atoms with van der Waals surface area (Å²) >= 11 is 5.30. The minimum absolute atomic E-state index is 0.0719. The van der Waals surface area contributed by atoms with Crippen LogP contribution in [-0.2, 0) is 6.42 Å². The maximum atomic E-state index is 12.2. The number of thiocarbonyl (C=S) groups is 1. The van der Waals surface area contributed by atoms with E-state index in [1.807, 2.05) is 17.0 Å². The molecular weight excluding hydrogens is 256 g/mol. The van der Waals surface area contributed by atoms with Crippen molar-refractivity contribution in [2.24, 2.45) is 5.92 Å². The standard InChI is InChI=1S/C15H18N2OS/c1-2-10-6-8-11(9-7-10)17-13-5-3-4-12(13)14(19)16-15(17)18/h6-9,12-13H,2-5H2,1H3,(H,16,18,19). The maximum Gasteiger partial charge on any atom is 0.326 e. The molecule has 3 rings (SSSR count). The van der Waals surface area contributed by atoms with Crippen molar-refractivity contribution in [1.82, 2.24) is 5.32 Å². The molecule has 2 fully saturated rings. The van der Waals surface area contributed by atoms with Crippen molar-refractivity contribution >= 4 is 28.9 Å². The number of carbonyl (C=O) groups is 1. The minimum Gasteiger partial charge on any atom is -0.301 e. The van der Waals surface area contributed by atoms with Gasteiger partial charge in [0, 0.05) is 17.6 Å². The fourth-order valence-corrected chi connectivity index (χ4v) is 3.53. The highest BCUT2D eigenvalue weighted by Gasteiger charge is 2.42. The Morgan fingerprint density at radius 2 is 2.05 bits per heavy atom. The zero-order valence-electron chi connectivity index (χ0n) is 11.1. The average Bonchev–Trinajstić information content (AvgIpc) is 2.89. The Labute approximate surface area is 119 Å². The van der Waals surface area contributed by atoms with Crippen LogP contribution in [-0.4, -0.2) is 17.1 Å². The summed E-state index contributed by atoms with van der Waals surface area (Å²) in [7, 11) is 0. The SMILES string of the molecule is CCc1ccc(N2C(=O)NC(=S)C3CCCC32)cc1. The zero-order valence-corrected chi connectivity index (χ0v) is 11.9. The van der Waals surface area contributed by atoms with Gasteiger partial charge in [0.05, 0.1) is 4.99 Å². The summed E-state index contributed by atoms with van der Waals surface area (Å²) in [5.41, 5.74) is 2.27. The molecule has 2 amide bonds. The van der Waals surface area contributed by atoms with Gasteiger partial charge in [0.2, 0.25) is 0 Å². The van der Waals surface area contributed by atoms with Crippen LogP contribution in [0.4, 0.5) is 10.5 Å². The van der Waals surface area contributed by atoms with E-state index in [2.05, 4.69) is 24.4 Å². The highest BCUT2D eigenvalue weighted by atomic mass is 32.1. The van der Waals surface area contributed by atoms with E-state index < -0.39 is 0 Å². The molecule has 100 valence electrons. The first-order chi connectivity index (χ1) is 9.20. The van der Waals surface area contributed by atoms with E-state index in [-0.39, 0.29) is 12.1 Å². The van der Waals surface area contributed by atoms with Crippen LogP contribution in [0.2, 0.25) is 0 Å². The van der Waals surface area contributed by atoms with E-state index >= 15 is 0 Å². The lowest BCUT2D eigenvalue weighted by atomic mass is 9.99. The highest BCUT2D eigenvalue weighted by Crippen LogP contribution is 2.36. The number of benzene rings is 1. The predicted octanol–water partition coefficient (Wildman–Crippen LogP) is 3.27. The van der Waals surface area contributed by atoms with Crippen molar-refractivity contribution in [2.45, 2.75) is 38.6 Å². The van der Waals surface area contributed by atoms with Crippen molar-refractivity contribution in [2.75, 3.05) is 4.90 Å². The van der Waals surface area contributed by atoms with Gasteiger partial charge in [0.1, 0.15) is 0 Å². The number of amides is 2. The summed E-state index contributed by atoms with van der Waals surface area (Å²) in [6.45, 7) is 2.13. The average molecular weight is 274 g/mol. The quantitative estimate of drug-likeness (QED) is 0.839. The van der Waals surface area contributed by atoms with Crippen LogP contribution in [0.3, 0.4) is 0 Å². The molecule has 3 nitrogen and oxygen atoms in total. The molecule has 0 spiro atoms. The predicted molar refractivity (Wildman–Crippen MR) is 80.6 cm³/mol. The molecular formula is C15H18N2OS. The molecule has 19 heavy (non-hydrogen) atoms. The first-order valence-corrected chi connectivity index (χ1v) is 7.34. The van der Waals surface area contributed by atoms with Crippen LogP contribution in [0.15, 0.2) is 24.3 Å². The zero-order chi connectivity index (χ0) is 13.4. The first kappa shape index (κ1) is 12.6. The van der Waals surface area contributed by atoms with Crippen molar-refractivity contribution < 1.29 is 4.79 Å². The lowest BCUT2D eigenvalue weighted by Crippen LogP contribution is -2.58. The summed E-state index contributed by atoms with van der Waals surface area (Å²) in [6.07, 6.45) is 4.30. The van der Waals surface area contributed by atoms with Gasteiger partial charge in [-0.3, -0.25) is 4.90 Å². The number of nitrogens with zero attached hydrogens (tertiary/aromatic N) is 1. The third-order valence-electron chi connectivity index (χ3n) is 4.22. The topological polar surface area (TPSA) is 32.3 Å². The lowest BCUT2D eigenvalue weighted by molar-refractivity contribution is 0.244. The van der Waals surface area contributed by atoms with E-state index in [1.54, 1.807) is 0 Å². The number of hydrogen-bond acceptors (Lipinski definition) is 2. The third kappa shape index (κ3) is 2.14. The number of aryl methyl sites for hydroxylation is 1. The Morgan fingerprint density at radius 1 is 1.32 bits per heavy atom. The van der Waals surface area contributed by atoms with Crippen LogP contribution in [0, 0.1) is 5.92 Å². The summed E-state index contributed by atoms with van der Waals surface area (Å²) in [6, 6.07) is 8.45. The minimum atomic E-state index is -0.0719. The second kappa shape index (κ2) is 4.93. The van der Waals surface area contributed by atoms with E-state index in [0.29, 0.717) is 5.92 Å². The van der Waals surface area contributed by atoms with Gasteiger partial charge in [-0.1, -0.05) is 37.7 Å². The molecule has 4 heteroatoms. The van der Waals surface area contributed by atoms with Gasteiger partial charge in [0.25, 0.3) is 0 Å². The summed E-state index contributed by atoms with van der Waals surface area (Å²) in [4.78, 5) is 14.9. The van der Waals surface area contributed by atoms with Gasteiger partial charge in [-0.25, -0.2) is 4.79 Å². The van der Waals surface area contributed by atoms with Crippen LogP contribution in [0.1, 0.15) is 31.7 Å². The summed E-state index contributed by atoms with van der Waals surface area (Å²) in [5, 5.41) is 2.85. The first-order valence-electron chi connectivity index (χ1n) is 6.93. The molecule has 1 N–H and O–H groups in total. The second-order valence-corrected chi connectivity index (χ2v) is 5.73. The molecule has 1 saturated heterocycles.